The molecule has 1 aromatic carbocycles. The van der Waals surface area contributed by atoms with Gasteiger partial charge in [-0.2, -0.15) is 13.2 Å². The third-order valence-electron chi connectivity index (χ3n) is 2.00. The molecule has 0 aliphatic rings. The first-order valence-corrected chi connectivity index (χ1v) is 4.95. The molecule has 0 aromatic heterocycles. The normalized spacial score (nSPS) is 11.3. The lowest BCUT2D eigenvalue weighted by molar-refractivity contribution is -0.142. The lowest BCUT2D eigenvalue weighted by Gasteiger charge is -2.10. The van der Waals surface area contributed by atoms with Gasteiger partial charge in [0.1, 0.15) is 0 Å². The SMILES string of the molecule is CCOC(=O)Cc1cc(N)cc(C(F)(F)F)c1. The lowest BCUT2D eigenvalue weighted by Crippen LogP contribution is -2.11. The summed E-state index contributed by atoms with van der Waals surface area (Å²) in [5, 5.41) is 0. The average Bonchev–Trinajstić information content (AvgIpc) is 2.15. The van der Waals surface area contributed by atoms with E-state index in [4.69, 9.17) is 5.73 Å². The summed E-state index contributed by atoms with van der Waals surface area (Å²) < 4.78 is 42.0. The molecule has 0 atom stereocenters. The number of hydrogen-bond donors (Lipinski definition) is 1. The minimum Gasteiger partial charge on any atom is -0.466 e. The van der Waals surface area contributed by atoms with E-state index in [2.05, 4.69) is 4.74 Å². The van der Waals surface area contributed by atoms with Crippen LogP contribution in [0.2, 0.25) is 0 Å². The Balaban J connectivity index is 2.94. The minimum absolute atomic E-state index is 0.0286. The van der Waals surface area contributed by atoms with E-state index in [1.807, 2.05) is 0 Å². The van der Waals surface area contributed by atoms with Gasteiger partial charge in [0.25, 0.3) is 0 Å². The average molecular weight is 247 g/mol. The molecule has 0 saturated heterocycles. The fraction of sp³-hybridized carbons (Fsp3) is 0.364. The minimum atomic E-state index is -4.47. The molecule has 94 valence electrons. The number of carbonyl (C=O) groups is 1. The van der Waals surface area contributed by atoms with Crippen molar-refractivity contribution in [3.05, 3.63) is 29.3 Å². The van der Waals surface area contributed by atoms with Crippen LogP contribution >= 0.6 is 0 Å². The third kappa shape index (κ3) is 3.97. The molecule has 0 spiro atoms. The van der Waals surface area contributed by atoms with Gasteiger partial charge in [0.15, 0.2) is 0 Å². The van der Waals surface area contributed by atoms with Crippen LogP contribution in [0.1, 0.15) is 18.1 Å². The van der Waals surface area contributed by atoms with Crippen LogP contribution in [0.5, 0.6) is 0 Å². The van der Waals surface area contributed by atoms with Crippen LogP contribution in [0.25, 0.3) is 0 Å². The third-order valence-corrected chi connectivity index (χ3v) is 2.00. The zero-order chi connectivity index (χ0) is 13.1. The Bertz CT molecular complexity index is 416. The highest BCUT2D eigenvalue weighted by molar-refractivity contribution is 5.73. The van der Waals surface area contributed by atoms with E-state index in [-0.39, 0.29) is 24.3 Å². The van der Waals surface area contributed by atoms with Crippen LogP contribution in [0, 0.1) is 0 Å². The van der Waals surface area contributed by atoms with E-state index in [1.54, 1.807) is 6.92 Å². The maximum absolute atomic E-state index is 12.5. The van der Waals surface area contributed by atoms with Crippen LogP contribution in [0.3, 0.4) is 0 Å². The highest BCUT2D eigenvalue weighted by Crippen LogP contribution is 2.31. The van der Waals surface area contributed by atoms with Crippen molar-refractivity contribution >= 4 is 11.7 Å². The fourth-order valence-corrected chi connectivity index (χ4v) is 1.36. The van der Waals surface area contributed by atoms with Gasteiger partial charge >= 0.3 is 12.1 Å². The molecule has 1 rings (SSSR count). The summed E-state index contributed by atoms with van der Waals surface area (Å²) in [4.78, 5) is 11.1. The van der Waals surface area contributed by atoms with Crippen LogP contribution in [0.4, 0.5) is 18.9 Å². The van der Waals surface area contributed by atoms with Crippen LogP contribution in [-0.2, 0) is 22.1 Å². The highest BCUT2D eigenvalue weighted by Gasteiger charge is 2.31. The Morgan fingerprint density at radius 2 is 2.00 bits per heavy atom. The number of anilines is 1. The summed E-state index contributed by atoms with van der Waals surface area (Å²) in [6, 6.07) is 3.05. The fourth-order valence-electron chi connectivity index (χ4n) is 1.36. The molecule has 0 aliphatic heterocycles. The molecule has 0 aliphatic carbocycles. The topological polar surface area (TPSA) is 52.3 Å². The van der Waals surface area contributed by atoms with Gasteiger partial charge in [0.05, 0.1) is 18.6 Å². The molecule has 6 heteroatoms. The molecule has 0 heterocycles. The summed E-state index contributed by atoms with van der Waals surface area (Å²) >= 11 is 0. The maximum Gasteiger partial charge on any atom is 0.416 e. The van der Waals surface area contributed by atoms with Crippen molar-refractivity contribution in [1.82, 2.24) is 0 Å². The van der Waals surface area contributed by atoms with Crippen molar-refractivity contribution < 1.29 is 22.7 Å². The second-order valence-electron chi connectivity index (χ2n) is 3.44. The molecule has 2 N–H and O–H groups in total. The second kappa shape index (κ2) is 5.07. The molecular formula is C11H12F3NO2. The number of halogens is 3. The van der Waals surface area contributed by atoms with Crippen molar-refractivity contribution in [3.63, 3.8) is 0 Å². The molecule has 0 fully saturated rings. The number of ether oxygens (including phenoxy) is 1. The van der Waals surface area contributed by atoms with Gasteiger partial charge < -0.3 is 10.5 Å². The van der Waals surface area contributed by atoms with Gasteiger partial charge in [-0.15, -0.1) is 0 Å². The van der Waals surface area contributed by atoms with Gasteiger partial charge in [-0.05, 0) is 30.7 Å². The Hall–Kier alpha value is -1.72. The quantitative estimate of drug-likeness (QED) is 0.659. The second-order valence-corrected chi connectivity index (χ2v) is 3.44. The first kappa shape index (κ1) is 13.3. The molecule has 0 amide bonds. The summed E-state index contributed by atoms with van der Waals surface area (Å²) in [5.74, 6) is -0.578. The van der Waals surface area contributed by atoms with Gasteiger partial charge in [-0.3, -0.25) is 4.79 Å². The first-order chi connectivity index (χ1) is 7.82. The number of nitrogens with two attached hydrogens (primary N) is 1. The Morgan fingerprint density at radius 3 is 2.53 bits per heavy atom. The molecular weight excluding hydrogens is 235 g/mol. The molecule has 1 aromatic rings. The Kier molecular flexibility index (Phi) is 3.98. The summed E-state index contributed by atoms with van der Waals surface area (Å²) in [6.45, 7) is 1.81. The van der Waals surface area contributed by atoms with Crippen molar-refractivity contribution in [3.8, 4) is 0 Å². The van der Waals surface area contributed by atoms with E-state index in [9.17, 15) is 18.0 Å². The van der Waals surface area contributed by atoms with Crippen LogP contribution < -0.4 is 5.73 Å². The zero-order valence-electron chi connectivity index (χ0n) is 9.17. The van der Waals surface area contributed by atoms with E-state index in [0.29, 0.717) is 0 Å². The van der Waals surface area contributed by atoms with Gasteiger partial charge in [0, 0.05) is 5.69 Å². The van der Waals surface area contributed by atoms with E-state index in [1.165, 1.54) is 6.07 Å². The van der Waals surface area contributed by atoms with E-state index in [0.717, 1.165) is 12.1 Å². The molecule has 3 nitrogen and oxygen atoms in total. The van der Waals surface area contributed by atoms with E-state index >= 15 is 0 Å². The van der Waals surface area contributed by atoms with Gasteiger partial charge in [0.2, 0.25) is 0 Å². The molecule has 17 heavy (non-hydrogen) atoms. The highest BCUT2D eigenvalue weighted by atomic mass is 19.4. The van der Waals surface area contributed by atoms with Crippen molar-refractivity contribution in [2.45, 2.75) is 19.5 Å². The van der Waals surface area contributed by atoms with Crippen molar-refractivity contribution in [2.24, 2.45) is 0 Å². The van der Waals surface area contributed by atoms with E-state index < -0.39 is 17.7 Å². The Morgan fingerprint density at radius 1 is 1.35 bits per heavy atom. The number of alkyl halides is 3. The van der Waals surface area contributed by atoms with Crippen molar-refractivity contribution in [1.29, 1.82) is 0 Å². The largest absolute Gasteiger partial charge is 0.466 e. The number of rotatable bonds is 3. The summed E-state index contributed by atoms with van der Waals surface area (Å²) in [6.07, 6.45) is -4.69. The summed E-state index contributed by atoms with van der Waals surface area (Å²) in [7, 11) is 0. The monoisotopic (exact) mass is 247 g/mol. The zero-order valence-corrected chi connectivity index (χ0v) is 9.17. The lowest BCUT2D eigenvalue weighted by atomic mass is 10.1. The standard InChI is InChI=1S/C11H12F3NO2/c1-2-17-10(16)5-7-3-8(11(12,13)14)6-9(15)4-7/h3-4,6H,2,5,15H2,1H3. The molecule has 0 unspecified atom stereocenters. The number of nitrogen functional groups attached to an aromatic ring is 1. The molecule has 0 radical (unpaired) electrons. The smallest absolute Gasteiger partial charge is 0.416 e. The van der Waals surface area contributed by atoms with Gasteiger partial charge in [-0.25, -0.2) is 0 Å². The van der Waals surface area contributed by atoms with Crippen LogP contribution in [0.15, 0.2) is 18.2 Å². The maximum atomic E-state index is 12.5. The molecule has 0 bridgehead atoms. The van der Waals surface area contributed by atoms with Crippen LogP contribution in [-0.4, -0.2) is 12.6 Å². The number of hydrogen-bond acceptors (Lipinski definition) is 3. The van der Waals surface area contributed by atoms with Gasteiger partial charge in [-0.1, -0.05) is 0 Å². The first-order valence-electron chi connectivity index (χ1n) is 4.95. The predicted molar refractivity (Wildman–Crippen MR) is 56.2 cm³/mol. The number of esters is 1. The predicted octanol–water partition coefficient (Wildman–Crippen LogP) is 2.39. The van der Waals surface area contributed by atoms with Crippen molar-refractivity contribution in [2.75, 3.05) is 12.3 Å². The number of carbonyl (C=O) groups excluding carboxylic acids is 1. The summed E-state index contributed by atoms with van der Waals surface area (Å²) in [5.41, 5.74) is 4.65. The number of benzene rings is 1. The Labute approximate surface area is 96.4 Å². The molecule has 0 saturated carbocycles.